The van der Waals surface area contributed by atoms with Crippen molar-refractivity contribution in [2.75, 3.05) is 40.3 Å². The van der Waals surface area contributed by atoms with Crippen molar-refractivity contribution in [3.8, 4) is 5.75 Å². The normalized spacial score (nSPS) is 20.0. The number of ether oxygens (including phenoxy) is 1. The van der Waals surface area contributed by atoms with Gasteiger partial charge in [-0.2, -0.15) is 0 Å². The highest BCUT2D eigenvalue weighted by molar-refractivity contribution is 5.96. The van der Waals surface area contributed by atoms with Gasteiger partial charge in [0.1, 0.15) is 5.75 Å². The van der Waals surface area contributed by atoms with Crippen LogP contribution < -0.4 is 15.4 Å². The number of methoxy groups -OCH3 is 1. The first-order chi connectivity index (χ1) is 9.22. The number of benzene rings is 1. The molecule has 0 radical (unpaired) electrons. The molecule has 1 saturated heterocycles. The third-order valence-electron chi connectivity index (χ3n) is 3.49. The molecule has 0 bridgehead atoms. The lowest BCUT2D eigenvalue weighted by atomic mass is 10.1. The van der Waals surface area contributed by atoms with Crippen molar-refractivity contribution in [2.24, 2.45) is 0 Å². The van der Waals surface area contributed by atoms with E-state index >= 15 is 0 Å². The van der Waals surface area contributed by atoms with Crippen LogP contribution in [0.5, 0.6) is 5.75 Å². The van der Waals surface area contributed by atoms with Crippen LogP contribution in [0.25, 0.3) is 0 Å². The van der Waals surface area contributed by atoms with E-state index in [-0.39, 0.29) is 5.91 Å². The van der Waals surface area contributed by atoms with Crippen molar-refractivity contribution >= 4 is 5.91 Å². The van der Waals surface area contributed by atoms with E-state index in [0.29, 0.717) is 23.9 Å². The van der Waals surface area contributed by atoms with Gasteiger partial charge in [0.2, 0.25) is 0 Å². The van der Waals surface area contributed by atoms with E-state index in [1.54, 1.807) is 19.2 Å². The van der Waals surface area contributed by atoms with E-state index in [4.69, 9.17) is 4.74 Å². The molecule has 104 valence electrons. The van der Waals surface area contributed by atoms with Gasteiger partial charge in [0.05, 0.1) is 12.7 Å². The fourth-order valence-electron chi connectivity index (χ4n) is 2.23. The second kappa shape index (κ2) is 6.54. The van der Waals surface area contributed by atoms with Gasteiger partial charge in [-0.15, -0.1) is 0 Å². The standard InChI is InChI=1S/C14H21N3O2/c1-17-8-7-15-9-11(17)10-16-14(18)12-5-3-4-6-13(12)19-2/h3-6,11,15H,7-10H2,1-2H3,(H,16,18). The molecule has 0 aromatic heterocycles. The molecular weight excluding hydrogens is 242 g/mol. The summed E-state index contributed by atoms with van der Waals surface area (Å²) in [7, 11) is 3.66. The summed E-state index contributed by atoms with van der Waals surface area (Å²) >= 11 is 0. The van der Waals surface area contributed by atoms with Crippen LogP contribution in [0.2, 0.25) is 0 Å². The second-order valence-corrected chi connectivity index (χ2v) is 4.75. The van der Waals surface area contributed by atoms with Crippen LogP contribution in [0.1, 0.15) is 10.4 Å². The van der Waals surface area contributed by atoms with E-state index in [0.717, 1.165) is 19.6 Å². The van der Waals surface area contributed by atoms with Crippen molar-refractivity contribution in [1.29, 1.82) is 0 Å². The molecule has 5 nitrogen and oxygen atoms in total. The van der Waals surface area contributed by atoms with Crippen molar-refractivity contribution in [3.05, 3.63) is 29.8 Å². The third kappa shape index (κ3) is 3.45. The molecule has 1 unspecified atom stereocenters. The Balaban J connectivity index is 1.93. The number of carbonyl (C=O) groups is 1. The molecule has 0 saturated carbocycles. The van der Waals surface area contributed by atoms with Crippen LogP contribution in [-0.4, -0.2) is 57.2 Å². The number of amides is 1. The summed E-state index contributed by atoms with van der Waals surface area (Å²) in [5.41, 5.74) is 0.580. The van der Waals surface area contributed by atoms with Gasteiger partial charge in [0.25, 0.3) is 5.91 Å². The summed E-state index contributed by atoms with van der Waals surface area (Å²) in [6.07, 6.45) is 0. The summed E-state index contributed by atoms with van der Waals surface area (Å²) in [4.78, 5) is 14.4. The monoisotopic (exact) mass is 263 g/mol. The molecule has 19 heavy (non-hydrogen) atoms. The molecule has 2 rings (SSSR count). The van der Waals surface area contributed by atoms with Crippen molar-refractivity contribution in [3.63, 3.8) is 0 Å². The van der Waals surface area contributed by atoms with Gasteiger partial charge < -0.3 is 15.4 Å². The van der Waals surface area contributed by atoms with Gasteiger partial charge in [0.15, 0.2) is 0 Å². The van der Waals surface area contributed by atoms with E-state index in [1.807, 2.05) is 12.1 Å². The molecule has 1 aliphatic heterocycles. The highest BCUT2D eigenvalue weighted by Crippen LogP contribution is 2.16. The molecule has 2 N–H and O–H groups in total. The summed E-state index contributed by atoms with van der Waals surface area (Å²) < 4.78 is 5.20. The number of piperazine rings is 1. The molecule has 1 amide bonds. The Morgan fingerprint density at radius 1 is 1.53 bits per heavy atom. The minimum atomic E-state index is -0.0866. The van der Waals surface area contributed by atoms with Gasteiger partial charge in [-0.1, -0.05) is 12.1 Å². The van der Waals surface area contributed by atoms with Crippen LogP contribution in [-0.2, 0) is 0 Å². The summed E-state index contributed by atoms with van der Waals surface area (Å²) in [5.74, 6) is 0.520. The fourth-order valence-corrected chi connectivity index (χ4v) is 2.23. The van der Waals surface area contributed by atoms with Crippen LogP contribution in [0.3, 0.4) is 0 Å². The minimum Gasteiger partial charge on any atom is -0.496 e. The molecule has 1 atom stereocenters. The molecular formula is C14H21N3O2. The van der Waals surface area contributed by atoms with E-state index in [9.17, 15) is 4.79 Å². The number of likely N-dealkylation sites (N-methyl/N-ethyl adjacent to an activating group) is 1. The molecule has 0 spiro atoms. The lowest BCUT2D eigenvalue weighted by Gasteiger charge is -2.33. The number of carbonyl (C=O) groups excluding carboxylic acids is 1. The Hall–Kier alpha value is -1.59. The molecule has 1 heterocycles. The first-order valence-corrected chi connectivity index (χ1v) is 6.54. The molecule has 1 aromatic rings. The Labute approximate surface area is 113 Å². The van der Waals surface area contributed by atoms with Crippen molar-refractivity contribution in [1.82, 2.24) is 15.5 Å². The Kier molecular flexibility index (Phi) is 4.76. The number of para-hydroxylation sites is 1. The zero-order valence-corrected chi connectivity index (χ0v) is 11.5. The Morgan fingerprint density at radius 3 is 3.05 bits per heavy atom. The topological polar surface area (TPSA) is 53.6 Å². The summed E-state index contributed by atoms with van der Waals surface area (Å²) in [6, 6.07) is 7.60. The maximum absolute atomic E-state index is 12.1. The zero-order chi connectivity index (χ0) is 13.7. The molecule has 1 aliphatic rings. The van der Waals surface area contributed by atoms with E-state index in [1.165, 1.54) is 0 Å². The number of rotatable bonds is 4. The maximum Gasteiger partial charge on any atom is 0.255 e. The average Bonchev–Trinajstić information content (AvgIpc) is 2.46. The first kappa shape index (κ1) is 13.8. The number of nitrogens with one attached hydrogen (secondary N) is 2. The number of hydrogen-bond donors (Lipinski definition) is 2. The van der Waals surface area contributed by atoms with Crippen LogP contribution in [0, 0.1) is 0 Å². The third-order valence-corrected chi connectivity index (χ3v) is 3.49. The molecule has 1 aromatic carbocycles. The largest absolute Gasteiger partial charge is 0.496 e. The maximum atomic E-state index is 12.1. The quantitative estimate of drug-likeness (QED) is 0.822. The van der Waals surface area contributed by atoms with Crippen molar-refractivity contribution in [2.45, 2.75) is 6.04 Å². The molecule has 5 heteroatoms. The van der Waals surface area contributed by atoms with Gasteiger partial charge >= 0.3 is 0 Å². The minimum absolute atomic E-state index is 0.0866. The number of nitrogens with zero attached hydrogens (tertiary/aromatic N) is 1. The second-order valence-electron chi connectivity index (χ2n) is 4.75. The SMILES string of the molecule is COc1ccccc1C(=O)NCC1CNCCN1C. The highest BCUT2D eigenvalue weighted by Gasteiger charge is 2.20. The zero-order valence-electron chi connectivity index (χ0n) is 11.5. The van der Waals surface area contributed by atoms with Crippen LogP contribution in [0.4, 0.5) is 0 Å². The van der Waals surface area contributed by atoms with Gasteiger partial charge in [-0.05, 0) is 19.2 Å². The lowest BCUT2D eigenvalue weighted by Crippen LogP contribution is -2.53. The Bertz CT molecular complexity index is 436. The summed E-state index contributed by atoms with van der Waals surface area (Å²) in [6.45, 7) is 3.56. The fraction of sp³-hybridized carbons (Fsp3) is 0.500. The van der Waals surface area contributed by atoms with Crippen LogP contribution >= 0.6 is 0 Å². The first-order valence-electron chi connectivity index (χ1n) is 6.54. The van der Waals surface area contributed by atoms with Gasteiger partial charge in [-0.3, -0.25) is 9.69 Å². The number of hydrogen-bond acceptors (Lipinski definition) is 4. The van der Waals surface area contributed by atoms with Crippen molar-refractivity contribution < 1.29 is 9.53 Å². The van der Waals surface area contributed by atoms with E-state index in [2.05, 4.69) is 22.6 Å². The van der Waals surface area contributed by atoms with Crippen LogP contribution in [0.15, 0.2) is 24.3 Å². The van der Waals surface area contributed by atoms with Gasteiger partial charge in [0, 0.05) is 32.2 Å². The highest BCUT2D eigenvalue weighted by atomic mass is 16.5. The molecule has 1 fully saturated rings. The summed E-state index contributed by atoms with van der Waals surface area (Å²) in [5, 5.41) is 6.31. The smallest absolute Gasteiger partial charge is 0.255 e. The predicted octanol–water partition coefficient (Wildman–Crippen LogP) is 0.329. The van der Waals surface area contributed by atoms with Gasteiger partial charge in [-0.25, -0.2) is 0 Å². The van der Waals surface area contributed by atoms with E-state index < -0.39 is 0 Å². The average molecular weight is 263 g/mol. The predicted molar refractivity (Wildman–Crippen MR) is 74.6 cm³/mol. The molecule has 0 aliphatic carbocycles. The lowest BCUT2D eigenvalue weighted by molar-refractivity contribution is 0.0930. The Morgan fingerprint density at radius 2 is 2.32 bits per heavy atom.